The van der Waals surface area contributed by atoms with Crippen LogP contribution in [-0.2, 0) is 0 Å². The molecule has 2 aliphatic heterocycles. The zero-order valence-electron chi connectivity index (χ0n) is 11.8. The van der Waals surface area contributed by atoms with E-state index in [1.807, 2.05) is 13.8 Å². The van der Waals surface area contributed by atoms with E-state index in [1.165, 1.54) is 0 Å². The molecule has 0 spiro atoms. The van der Waals surface area contributed by atoms with Crippen molar-refractivity contribution in [3.63, 3.8) is 0 Å². The van der Waals surface area contributed by atoms with Gasteiger partial charge < -0.3 is 20.4 Å². The van der Waals surface area contributed by atoms with Crippen LogP contribution in [0.25, 0.3) is 0 Å². The number of amides is 2. The Kier molecular flexibility index (Phi) is 4.45. The van der Waals surface area contributed by atoms with E-state index < -0.39 is 0 Å². The van der Waals surface area contributed by atoms with Crippen molar-refractivity contribution >= 4 is 6.03 Å². The van der Waals surface area contributed by atoms with Crippen LogP contribution in [0.4, 0.5) is 4.79 Å². The fourth-order valence-corrected chi connectivity index (χ4v) is 2.69. The Morgan fingerprint density at radius 3 is 2.33 bits per heavy atom. The minimum atomic E-state index is 0.117. The average Bonchev–Trinajstić information content (AvgIpc) is 2.23. The third-order valence-electron chi connectivity index (χ3n) is 3.88. The molecule has 0 bridgehead atoms. The molecule has 2 fully saturated rings. The van der Waals surface area contributed by atoms with Crippen molar-refractivity contribution in [2.75, 3.05) is 33.2 Å². The van der Waals surface area contributed by atoms with Crippen LogP contribution < -0.4 is 10.6 Å². The molecule has 2 N–H and O–H groups in total. The first-order valence-electron chi connectivity index (χ1n) is 7.06. The topological polar surface area (TPSA) is 47.6 Å². The number of hydrogen-bond donors (Lipinski definition) is 2. The van der Waals surface area contributed by atoms with Crippen LogP contribution >= 0.6 is 0 Å². The number of nitrogens with one attached hydrogen (secondary N) is 2. The normalized spacial score (nSPS) is 22.9. The van der Waals surface area contributed by atoms with E-state index in [2.05, 4.69) is 27.5 Å². The van der Waals surface area contributed by atoms with Gasteiger partial charge in [-0.2, -0.15) is 0 Å². The minimum Gasteiger partial charge on any atom is -0.336 e. The molecule has 5 nitrogen and oxygen atoms in total. The van der Waals surface area contributed by atoms with Crippen molar-refractivity contribution in [1.29, 1.82) is 0 Å². The Morgan fingerprint density at radius 1 is 1.28 bits per heavy atom. The third kappa shape index (κ3) is 3.14. The fourth-order valence-electron chi connectivity index (χ4n) is 2.69. The van der Waals surface area contributed by atoms with Crippen molar-refractivity contribution in [3.8, 4) is 0 Å². The van der Waals surface area contributed by atoms with Crippen molar-refractivity contribution < 1.29 is 4.79 Å². The lowest BCUT2D eigenvalue weighted by molar-refractivity contribution is 0.0815. The number of hydrogen-bond acceptors (Lipinski definition) is 3. The molecule has 2 saturated heterocycles. The van der Waals surface area contributed by atoms with Crippen LogP contribution in [0, 0.1) is 0 Å². The lowest BCUT2D eigenvalue weighted by Gasteiger charge is -2.45. The van der Waals surface area contributed by atoms with Crippen LogP contribution in [-0.4, -0.2) is 67.2 Å². The van der Waals surface area contributed by atoms with Gasteiger partial charge in [-0.05, 0) is 46.8 Å². The van der Waals surface area contributed by atoms with Gasteiger partial charge >= 0.3 is 6.03 Å². The number of carbonyl (C=O) groups is 1. The zero-order chi connectivity index (χ0) is 13.1. The van der Waals surface area contributed by atoms with E-state index in [0.29, 0.717) is 12.1 Å². The second-order valence-electron chi connectivity index (χ2n) is 5.86. The summed E-state index contributed by atoms with van der Waals surface area (Å²) in [5.74, 6) is 0. The van der Waals surface area contributed by atoms with Gasteiger partial charge in [0.2, 0.25) is 0 Å². The highest BCUT2D eigenvalue weighted by atomic mass is 16.2. The first-order valence-corrected chi connectivity index (χ1v) is 7.06. The summed E-state index contributed by atoms with van der Waals surface area (Å²) in [6.07, 6.45) is 2.19. The second kappa shape index (κ2) is 5.89. The molecular weight excluding hydrogens is 228 g/mol. The minimum absolute atomic E-state index is 0.117. The molecule has 0 atom stereocenters. The number of carbonyl (C=O) groups excluding carboxylic acids is 1. The first kappa shape index (κ1) is 13.6. The largest absolute Gasteiger partial charge is 0.336 e. The lowest BCUT2D eigenvalue weighted by Crippen LogP contribution is -2.65. The Labute approximate surface area is 110 Å². The van der Waals surface area contributed by atoms with Gasteiger partial charge in [0.1, 0.15) is 0 Å². The molecule has 0 saturated carbocycles. The SMILES string of the molecule is CC(C)NC(=O)N(C1CCN(C)CC1)C1CNC1. The highest BCUT2D eigenvalue weighted by Crippen LogP contribution is 2.20. The first-order chi connectivity index (χ1) is 8.58. The second-order valence-corrected chi connectivity index (χ2v) is 5.86. The van der Waals surface area contributed by atoms with E-state index in [9.17, 15) is 4.79 Å². The van der Waals surface area contributed by atoms with Gasteiger partial charge in [-0.15, -0.1) is 0 Å². The molecule has 2 heterocycles. The predicted octanol–water partition coefficient (Wildman–Crippen LogP) is 0.472. The molecule has 2 aliphatic rings. The molecule has 2 rings (SSSR count). The summed E-state index contributed by atoms with van der Waals surface area (Å²) >= 11 is 0. The summed E-state index contributed by atoms with van der Waals surface area (Å²) in [5, 5.41) is 6.31. The molecule has 0 unspecified atom stereocenters. The highest BCUT2D eigenvalue weighted by molar-refractivity contribution is 5.75. The van der Waals surface area contributed by atoms with Gasteiger partial charge in [0.05, 0.1) is 6.04 Å². The maximum absolute atomic E-state index is 12.3. The smallest absolute Gasteiger partial charge is 0.318 e. The van der Waals surface area contributed by atoms with E-state index in [1.54, 1.807) is 0 Å². The van der Waals surface area contributed by atoms with E-state index in [0.717, 1.165) is 39.0 Å². The number of rotatable bonds is 3. The number of nitrogens with zero attached hydrogens (tertiary/aromatic N) is 2. The summed E-state index contributed by atoms with van der Waals surface area (Å²) in [7, 11) is 2.15. The number of urea groups is 1. The molecule has 0 radical (unpaired) electrons. The van der Waals surface area contributed by atoms with Crippen LogP contribution in [0.15, 0.2) is 0 Å². The van der Waals surface area contributed by atoms with Crippen LogP contribution in [0.5, 0.6) is 0 Å². The molecule has 0 aromatic rings. The third-order valence-corrected chi connectivity index (χ3v) is 3.88. The quantitative estimate of drug-likeness (QED) is 0.770. The van der Waals surface area contributed by atoms with Gasteiger partial charge in [-0.1, -0.05) is 0 Å². The highest BCUT2D eigenvalue weighted by Gasteiger charge is 2.35. The Morgan fingerprint density at radius 2 is 1.89 bits per heavy atom. The molecule has 0 aromatic carbocycles. The lowest BCUT2D eigenvalue weighted by atomic mass is 10.00. The maximum Gasteiger partial charge on any atom is 0.318 e. The summed E-state index contributed by atoms with van der Waals surface area (Å²) in [6, 6.07) is 1.12. The Balaban J connectivity index is 1.98. The fraction of sp³-hybridized carbons (Fsp3) is 0.923. The standard InChI is InChI=1S/C13H26N4O/c1-10(2)15-13(18)17(12-8-14-9-12)11-4-6-16(3)7-5-11/h10-12,14H,4-9H2,1-3H3,(H,15,18). The molecular formula is C13H26N4O. The summed E-state index contributed by atoms with van der Waals surface area (Å²) in [5.41, 5.74) is 0. The van der Waals surface area contributed by atoms with E-state index >= 15 is 0 Å². The molecule has 2 amide bonds. The summed E-state index contributed by atoms with van der Waals surface area (Å²) in [4.78, 5) is 16.8. The van der Waals surface area contributed by atoms with Crippen LogP contribution in [0.3, 0.4) is 0 Å². The maximum atomic E-state index is 12.3. The number of piperidine rings is 1. The molecule has 5 heteroatoms. The van der Waals surface area contributed by atoms with Crippen molar-refractivity contribution in [2.45, 2.75) is 44.8 Å². The van der Waals surface area contributed by atoms with Crippen LogP contribution in [0.2, 0.25) is 0 Å². The summed E-state index contributed by atoms with van der Waals surface area (Å²) in [6.45, 7) is 8.11. The van der Waals surface area contributed by atoms with Gasteiger partial charge in [0.15, 0.2) is 0 Å². The monoisotopic (exact) mass is 254 g/mol. The molecule has 18 heavy (non-hydrogen) atoms. The van der Waals surface area contributed by atoms with E-state index in [-0.39, 0.29) is 12.1 Å². The Hall–Kier alpha value is -0.810. The van der Waals surface area contributed by atoms with Crippen molar-refractivity contribution in [2.24, 2.45) is 0 Å². The van der Waals surface area contributed by atoms with Gasteiger partial charge in [0, 0.05) is 25.2 Å². The average molecular weight is 254 g/mol. The van der Waals surface area contributed by atoms with E-state index in [4.69, 9.17) is 0 Å². The van der Waals surface area contributed by atoms with Crippen LogP contribution in [0.1, 0.15) is 26.7 Å². The number of likely N-dealkylation sites (tertiary alicyclic amines) is 1. The zero-order valence-corrected chi connectivity index (χ0v) is 11.8. The molecule has 0 aliphatic carbocycles. The molecule has 0 aromatic heterocycles. The van der Waals surface area contributed by atoms with Gasteiger partial charge in [0.25, 0.3) is 0 Å². The van der Waals surface area contributed by atoms with Crippen molar-refractivity contribution in [3.05, 3.63) is 0 Å². The Bertz CT molecular complexity index is 283. The van der Waals surface area contributed by atoms with Gasteiger partial charge in [-0.3, -0.25) is 0 Å². The van der Waals surface area contributed by atoms with Gasteiger partial charge in [-0.25, -0.2) is 4.79 Å². The predicted molar refractivity (Wildman–Crippen MR) is 72.7 cm³/mol. The van der Waals surface area contributed by atoms with Crippen molar-refractivity contribution in [1.82, 2.24) is 20.4 Å². The summed E-state index contributed by atoms with van der Waals surface area (Å²) < 4.78 is 0. The molecule has 104 valence electrons.